The molecule has 0 saturated carbocycles. The number of ether oxygens (including phenoxy) is 2. The van der Waals surface area contributed by atoms with Crippen LogP contribution in [0, 0.1) is 0 Å². The molecule has 0 aliphatic carbocycles. The van der Waals surface area contributed by atoms with Gasteiger partial charge in [0.1, 0.15) is 5.57 Å². The van der Waals surface area contributed by atoms with E-state index in [0.717, 1.165) is 0 Å². The molecular weight excluding hydrogens is 444 g/mol. The Morgan fingerprint density at radius 1 is 1.00 bits per heavy atom. The summed E-state index contributed by atoms with van der Waals surface area (Å²) in [7, 11) is 0. The number of halogens is 1. The number of nitrogens with zero attached hydrogens (tertiary/aromatic N) is 1. The van der Waals surface area contributed by atoms with Crippen LogP contribution in [-0.4, -0.2) is 24.4 Å². The summed E-state index contributed by atoms with van der Waals surface area (Å²) >= 11 is 5.86. The fourth-order valence-electron chi connectivity index (χ4n) is 3.19. The number of hydrogen-bond acceptors (Lipinski definition) is 5. The van der Waals surface area contributed by atoms with E-state index in [4.69, 9.17) is 21.1 Å². The first-order valence-corrected chi connectivity index (χ1v) is 10.5. The molecule has 2 amide bonds. The quantitative estimate of drug-likeness (QED) is 0.254. The Labute approximate surface area is 195 Å². The first kappa shape index (κ1) is 22.1. The van der Waals surface area contributed by atoms with Crippen molar-refractivity contribution in [2.75, 3.05) is 11.6 Å². The van der Waals surface area contributed by atoms with Gasteiger partial charge in [0.05, 0.1) is 17.9 Å². The Kier molecular flexibility index (Phi) is 6.42. The number of carbonyl (C=O) groups is 3. The Morgan fingerprint density at radius 2 is 1.73 bits per heavy atom. The third-order valence-electron chi connectivity index (χ3n) is 4.77. The average molecular weight is 463 g/mol. The van der Waals surface area contributed by atoms with Gasteiger partial charge in [-0.05, 0) is 67.1 Å². The van der Waals surface area contributed by atoms with Crippen LogP contribution < -0.4 is 19.9 Å². The Hall–Kier alpha value is -4.10. The third kappa shape index (κ3) is 4.88. The molecule has 3 aromatic carbocycles. The third-order valence-corrected chi connectivity index (χ3v) is 5.02. The van der Waals surface area contributed by atoms with Crippen molar-refractivity contribution in [1.82, 2.24) is 5.43 Å². The molecule has 0 spiro atoms. The van der Waals surface area contributed by atoms with Gasteiger partial charge in [-0.3, -0.25) is 15.0 Å². The monoisotopic (exact) mass is 462 g/mol. The average Bonchev–Trinajstić information content (AvgIpc) is 3.10. The Morgan fingerprint density at radius 3 is 2.42 bits per heavy atom. The van der Waals surface area contributed by atoms with Gasteiger partial charge in [-0.1, -0.05) is 35.9 Å². The van der Waals surface area contributed by atoms with Crippen LogP contribution in [0.4, 0.5) is 5.69 Å². The van der Waals surface area contributed by atoms with Gasteiger partial charge in [-0.25, -0.2) is 9.80 Å². The highest BCUT2D eigenvalue weighted by Gasteiger charge is 2.34. The van der Waals surface area contributed by atoms with Gasteiger partial charge >= 0.3 is 5.97 Å². The number of benzene rings is 3. The van der Waals surface area contributed by atoms with E-state index in [2.05, 4.69) is 5.43 Å². The summed E-state index contributed by atoms with van der Waals surface area (Å²) < 4.78 is 11.1. The highest BCUT2D eigenvalue weighted by atomic mass is 35.5. The van der Waals surface area contributed by atoms with Gasteiger partial charge < -0.3 is 9.47 Å². The van der Waals surface area contributed by atoms with Crippen LogP contribution in [0.3, 0.4) is 0 Å². The second-order valence-corrected chi connectivity index (χ2v) is 7.45. The molecule has 7 nitrogen and oxygen atoms in total. The van der Waals surface area contributed by atoms with Crippen LogP contribution in [0.1, 0.15) is 22.8 Å². The number of anilines is 1. The molecule has 3 aromatic rings. The van der Waals surface area contributed by atoms with Crippen LogP contribution in [0.2, 0.25) is 5.02 Å². The smallest absolute Gasteiger partial charge is 0.343 e. The number of hydrazine groups is 1. The molecule has 1 heterocycles. The number of para-hydroxylation sites is 1. The van der Waals surface area contributed by atoms with Gasteiger partial charge in [-0.2, -0.15) is 0 Å². The van der Waals surface area contributed by atoms with Crippen molar-refractivity contribution in [2.24, 2.45) is 0 Å². The molecule has 1 fully saturated rings. The minimum Gasteiger partial charge on any atom is -0.490 e. The lowest BCUT2D eigenvalue weighted by Crippen LogP contribution is -2.35. The molecule has 0 unspecified atom stereocenters. The molecule has 0 bridgehead atoms. The first-order valence-electron chi connectivity index (χ1n) is 10.1. The number of hydrogen-bond donors (Lipinski definition) is 1. The molecule has 1 aliphatic rings. The van der Waals surface area contributed by atoms with Crippen molar-refractivity contribution in [3.05, 3.63) is 94.5 Å². The van der Waals surface area contributed by atoms with E-state index in [9.17, 15) is 14.4 Å². The van der Waals surface area contributed by atoms with Crippen molar-refractivity contribution in [1.29, 1.82) is 0 Å². The van der Waals surface area contributed by atoms with Crippen LogP contribution in [0.15, 0.2) is 78.4 Å². The topological polar surface area (TPSA) is 84.9 Å². The molecular formula is C25H19ClN2O5. The SMILES string of the molecule is CCOc1cc(C=C2C(=O)NN(c3ccccc3)C2=O)ccc1OC(=O)c1ccc(Cl)cc1. The summed E-state index contributed by atoms with van der Waals surface area (Å²) in [5.41, 5.74) is 3.96. The zero-order valence-electron chi connectivity index (χ0n) is 17.6. The van der Waals surface area contributed by atoms with E-state index >= 15 is 0 Å². The molecule has 0 radical (unpaired) electrons. The second kappa shape index (κ2) is 9.58. The van der Waals surface area contributed by atoms with Crippen LogP contribution in [0.5, 0.6) is 11.5 Å². The lowest BCUT2D eigenvalue weighted by atomic mass is 10.1. The lowest BCUT2D eigenvalue weighted by molar-refractivity contribution is -0.117. The lowest BCUT2D eigenvalue weighted by Gasteiger charge is -2.14. The highest BCUT2D eigenvalue weighted by Crippen LogP contribution is 2.31. The van der Waals surface area contributed by atoms with E-state index in [0.29, 0.717) is 34.2 Å². The van der Waals surface area contributed by atoms with E-state index in [1.165, 1.54) is 11.1 Å². The second-order valence-electron chi connectivity index (χ2n) is 7.01. The molecule has 4 rings (SSSR count). The van der Waals surface area contributed by atoms with Gasteiger partial charge in [-0.15, -0.1) is 0 Å². The maximum Gasteiger partial charge on any atom is 0.343 e. The molecule has 33 heavy (non-hydrogen) atoms. The van der Waals surface area contributed by atoms with Crippen molar-refractivity contribution in [3.8, 4) is 11.5 Å². The number of rotatable bonds is 6. The standard InChI is InChI=1S/C25H19ClN2O5/c1-2-32-22-15-16(8-13-21(22)33-25(31)17-9-11-18(26)12-10-17)14-20-23(29)27-28(24(20)30)19-6-4-3-5-7-19/h3-15H,2H2,1H3,(H,27,29). The normalized spacial score (nSPS) is 14.4. The van der Waals surface area contributed by atoms with Crippen molar-refractivity contribution in [3.63, 3.8) is 0 Å². The Balaban J connectivity index is 1.59. The number of carbonyl (C=O) groups excluding carboxylic acids is 3. The molecule has 0 aromatic heterocycles. The zero-order valence-corrected chi connectivity index (χ0v) is 18.3. The Bertz CT molecular complexity index is 1240. The highest BCUT2D eigenvalue weighted by molar-refractivity contribution is 6.31. The molecule has 0 atom stereocenters. The van der Waals surface area contributed by atoms with E-state index in [-0.39, 0.29) is 11.3 Å². The van der Waals surface area contributed by atoms with Crippen LogP contribution in [0.25, 0.3) is 6.08 Å². The largest absolute Gasteiger partial charge is 0.490 e. The summed E-state index contributed by atoms with van der Waals surface area (Å²) in [5.74, 6) is -1.03. The predicted octanol–water partition coefficient (Wildman–Crippen LogP) is 4.42. The maximum absolute atomic E-state index is 12.8. The zero-order chi connectivity index (χ0) is 23.4. The predicted molar refractivity (Wildman–Crippen MR) is 124 cm³/mol. The van der Waals surface area contributed by atoms with Gasteiger partial charge in [0.15, 0.2) is 11.5 Å². The fourth-order valence-corrected chi connectivity index (χ4v) is 3.32. The molecule has 166 valence electrons. The summed E-state index contributed by atoms with van der Waals surface area (Å²) in [4.78, 5) is 37.7. The van der Waals surface area contributed by atoms with E-state index in [1.54, 1.807) is 73.7 Å². The molecule has 8 heteroatoms. The molecule has 1 saturated heterocycles. The minimum absolute atomic E-state index is 0.0211. The van der Waals surface area contributed by atoms with Crippen molar-refractivity contribution >= 4 is 41.1 Å². The van der Waals surface area contributed by atoms with E-state index in [1.807, 2.05) is 6.07 Å². The summed E-state index contributed by atoms with van der Waals surface area (Å²) in [6, 6.07) is 19.9. The van der Waals surface area contributed by atoms with Crippen LogP contribution >= 0.6 is 11.6 Å². The number of esters is 1. The van der Waals surface area contributed by atoms with Crippen LogP contribution in [-0.2, 0) is 9.59 Å². The van der Waals surface area contributed by atoms with Crippen molar-refractivity contribution in [2.45, 2.75) is 6.92 Å². The fraction of sp³-hybridized carbons (Fsp3) is 0.0800. The number of nitrogens with one attached hydrogen (secondary N) is 1. The maximum atomic E-state index is 12.8. The molecule has 1 aliphatic heterocycles. The van der Waals surface area contributed by atoms with Gasteiger partial charge in [0, 0.05) is 5.02 Å². The minimum atomic E-state index is -0.567. The first-order chi connectivity index (χ1) is 16.0. The van der Waals surface area contributed by atoms with Gasteiger partial charge in [0.2, 0.25) is 0 Å². The van der Waals surface area contributed by atoms with Crippen molar-refractivity contribution < 1.29 is 23.9 Å². The molecule has 1 N–H and O–H groups in total. The summed E-state index contributed by atoms with van der Waals surface area (Å²) in [5, 5.41) is 1.70. The van der Waals surface area contributed by atoms with E-state index < -0.39 is 17.8 Å². The number of amides is 2. The van der Waals surface area contributed by atoms with Gasteiger partial charge in [0.25, 0.3) is 11.8 Å². The summed E-state index contributed by atoms with van der Waals surface area (Å²) in [6.45, 7) is 2.12. The summed E-state index contributed by atoms with van der Waals surface area (Å²) in [6.07, 6.45) is 1.47.